The normalized spacial score (nSPS) is 12.6. The number of amides is 1. The van der Waals surface area contributed by atoms with Crippen molar-refractivity contribution in [3.8, 4) is 5.75 Å². The lowest BCUT2D eigenvalue weighted by Crippen LogP contribution is -2.29. The second-order valence-corrected chi connectivity index (χ2v) is 6.47. The Labute approximate surface area is 158 Å². The number of ether oxygens (including phenoxy) is 1. The van der Waals surface area contributed by atoms with Crippen molar-refractivity contribution in [1.29, 1.82) is 0 Å². The third-order valence-corrected chi connectivity index (χ3v) is 4.77. The Balaban J connectivity index is 1.46. The average Bonchev–Trinajstić information content (AvgIpc) is 3.16. The number of hydrogen-bond acceptors (Lipinski definition) is 4. The van der Waals surface area contributed by atoms with E-state index in [2.05, 4.69) is 16.4 Å². The highest BCUT2D eigenvalue weighted by Crippen LogP contribution is 2.28. The van der Waals surface area contributed by atoms with Crippen molar-refractivity contribution >= 4 is 17.3 Å². The van der Waals surface area contributed by atoms with Crippen molar-refractivity contribution < 1.29 is 9.53 Å². The number of benzene rings is 2. The SMILES string of the molecule is COc1ccc(CNc2ccnc(C(=O)N3CCc4ccccc43)c2)cc1. The molecule has 0 spiro atoms. The number of anilines is 2. The van der Waals surface area contributed by atoms with Crippen LogP contribution in [0.2, 0.25) is 0 Å². The molecular formula is C22H21N3O2. The Morgan fingerprint density at radius 1 is 1.15 bits per heavy atom. The van der Waals surface area contributed by atoms with Gasteiger partial charge in [-0.05, 0) is 47.9 Å². The van der Waals surface area contributed by atoms with Crippen LogP contribution in [-0.4, -0.2) is 24.5 Å². The van der Waals surface area contributed by atoms with Crippen LogP contribution >= 0.6 is 0 Å². The number of hydrogen-bond donors (Lipinski definition) is 1. The van der Waals surface area contributed by atoms with Gasteiger partial charge in [0.05, 0.1) is 7.11 Å². The number of para-hydroxylation sites is 1. The predicted molar refractivity (Wildman–Crippen MR) is 106 cm³/mol. The lowest BCUT2D eigenvalue weighted by Gasteiger charge is -2.17. The zero-order chi connectivity index (χ0) is 18.6. The van der Waals surface area contributed by atoms with Gasteiger partial charge in [0, 0.05) is 30.7 Å². The van der Waals surface area contributed by atoms with Crippen molar-refractivity contribution in [3.63, 3.8) is 0 Å². The zero-order valence-electron chi connectivity index (χ0n) is 15.2. The molecule has 1 aromatic heterocycles. The second-order valence-electron chi connectivity index (χ2n) is 6.47. The minimum absolute atomic E-state index is 0.0620. The van der Waals surface area contributed by atoms with Crippen LogP contribution in [0.25, 0.3) is 0 Å². The standard InChI is InChI=1S/C22H21N3O2/c1-27-19-8-6-16(7-9-19)15-24-18-10-12-23-20(14-18)22(26)25-13-11-17-4-2-3-5-21(17)25/h2-10,12,14H,11,13,15H2,1H3,(H,23,24). The fourth-order valence-electron chi connectivity index (χ4n) is 3.29. The molecule has 0 radical (unpaired) electrons. The van der Waals surface area contributed by atoms with Crippen LogP contribution < -0.4 is 15.0 Å². The molecule has 0 atom stereocenters. The fourth-order valence-corrected chi connectivity index (χ4v) is 3.29. The Hall–Kier alpha value is -3.34. The summed E-state index contributed by atoms with van der Waals surface area (Å²) in [4.78, 5) is 19.0. The maximum absolute atomic E-state index is 12.9. The maximum atomic E-state index is 12.9. The molecule has 0 bridgehead atoms. The van der Waals surface area contributed by atoms with Crippen LogP contribution in [0.15, 0.2) is 66.9 Å². The maximum Gasteiger partial charge on any atom is 0.276 e. The van der Waals surface area contributed by atoms with Gasteiger partial charge < -0.3 is 15.0 Å². The number of pyridine rings is 1. The molecule has 1 aliphatic rings. The van der Waals surface area contributed by atoms with Crippen LogP contribution in [0.1, 0.15) is 21.6 Å². The van der Waals surface area contributed by atoms with E-state index in [4.69, 9.17) is 4.74 Å². The molecule has 1 aliphatic heterocycles. The summed E-state index contributed by atoms with van der Waals surface area (Å²) in [6, 6.07) is 19.6. The molecule has 0 aliphatic carbocycles. The lowest BCUT2D eigenvalue weighted by molar-refractivity contribution is 0.0984. The van der Waals surface area contributed by atoms with E-state index in [-0.39, 0.29) is 5.91 Å². The summed E-state index contributed by atoms with van der Waals surface area (Å²) in [5.74, 6) is 0.773. The van der Waals surface area contributed by atoms with E-state index in [0.717, 1.165) is 29.1 Å². The van der Waals surface area contributed by atoms with Gasteiger partial charge in [-0.25, -0.2) is 0 Å². The molecule has 1 amide bonds. The van der Waals surface area contributed by atoms with Gasteiger partial charge in [0.25, 0.3) is 5.91 Å². The lowest BCUT2D eigenvalue weighted by atomic mass is 10.2. The zero-order valence-corrected chi connectivity index (χ0v) is 15.2. The molecule has 5 heteroatoms. The highest BCUT2D eigenvalue weighted by Gasteiger charge is 2.25. The Bertz CT molecular complexity index is 954. The van der Waals surface area contributed by atoms with E-state index in [0.29, 0.717) is 18.8 Å². The highest BCUT2D eigenvalue weighted by atomic mass is 16.5. The Morgan fingerprint density at radius 3 is 2.78 bits per heavy atom. The van der Waals surface area contributed by atoms with Crippen LogP contribution in [-0.2, 0) is 13.0 Å². The first-order valence-electron chi connectivity index (χ1n) is 8.97. The van der Waals surface area contributed by atoms with E-state index in [1.165, 1.54) is 5.56 Å². The molecule has 3 aromatic rings. The monoisotopic (exact) mass is 359 g/mol. The summed E-state index contributed by atoms with van der Waals surface area (Å²) in [7, 11) is 1.65. The number of nitrogens with zero attached hydrogens (tertiary/aromatic N) is 2. The minimum Gasteiger partial charge on any atom is -0.497 e. The number of nitrogens with one attached hydrogen (secondary N) is 1. The summed E-state index contributed by atoms with van der Waals surface area (Å²) < 4.78 is 5.18. The van der Waals surface area contributed by atoms with E-state index in [9.17, 15) is 4.79 Å². The minimum atomic E-state index is -0.0620. The van der Waals surface area contributed by atoms with Gasteiger partial charge in [-0.2, -0.15) is 0 Å². The smallest absolute Gasteiger partial charge is 0.276 e. The Morgan fingerprint density at radius 2 is 1.96 bits per heavy atom. The summed E-state index contributed by atoms with van der Waals surface area (Å²) >= 11 is 0. The van der Waals surface area contributed by atoms with Gasteiger partial charge in [0.1, 0.15) is 11.4 Å². The van der Waals surface area contributed by atoms with Crippen LogP contribution in [0.4, 0.5) is 11.4 Å². The van der Waals surface area contributed by atoms with Gasteiger partial charge >= 0.3 is 0 Å². The van der Waals surface area contributed by atoms with Crippen molar-refractivity contribution in [3.05, 3.63) is 83.7 Å². The molecule has 136 valence electrons. The van der Waals surface area contributed by atoms with Gasteiger partial charge in [0.2, 0.25) is 0 Å². The molecule has 1 N–H and O–H groups in total. The molecule has 5 nitrogen and oxygen atoms in total. The molecule has 0 saturated carbocycles. The predicted octanol–water partition coefficient (Wildman–Crippen LogP) is 3.91. The first-order chi connectivity index (χ1) is 13.2. The first-order valence-corrected chi connectivity index (χ1v) is 8.97. The average molecular weight is 359 g/mol. The summed E-state index contributed by atoms with van der Waals surface area (Å²) in [5.41, 5.74) is 4.65. The number of carbonyl (C=O) groups excluding carboxylic acids is 1. The van der Waals surface area contributed by atoms with Gasteiger partial charge in [-0.3, -0.25) is 9.78 Å². The topological polar surface area (TPSA) is 54.5 Å². The summed E-state index contributed by atoms with van der Waals surface area (Å²) in [6.45, 7) is 1.36. The van der Waals surface area contributed by atoms with Gasteiger partial charge in [0.15, 0.2) is 0 Å². The quantitative estimate of drug-likeness (QED) is 0.751. The van der Waals surface area contributed by atoms with E-state index < -0.39 is 0 Å². The second kappa shape index (κ2) is 7.50. The van der Waals surface area contributed by atoms with Crippen LogP contribution in [0, 0.1) is 0 Å². The highest BCUT2D eigenvalue weighted by molar-refractivity contribution is 6.06. The molecule has 27 heavy (non-hydrogen) atoms. The van der Waals surface area contributed by atoms with E-state index in [1.54, 1.807) is 13.3 Å². The molecule has 0 unspecified atom stereocenters. The van der Waals surface area contributed by atoms with Crippen LogP contribution in [0.5, 0.6) is 5.75 Å². The molecule has 4 rings (SSSR count). The molecule has 2 heterocycles. The number of carbonyl (C=O) groups is 1. The number of aromatic nitrogens is 1. The summed E-state index contributed by atoms with van der Waals surface area (Å²) in [6.07, 6.45) is 2.56. The third kappa shape index (κ3) is 3.62. The fraction of sp³-hybridized carbons (Fsp3) is 0.182. The van der Waals surface area contributed by atoms with Gasteiger partial charge in [-0.1, -0.05) is 30.3 Å². The summed E-state index contributed by atoms with van der Waals surface area (Å²) in [5, 5.41) is 3.35. The van der Waals surface area contributed by atoms with Crippen LogP contribution in [0.3, 0.4) is 0 Å². The number of methoxy groups -OCH3 is 1. The molecule has 0 saturated heterocycles. The number of fused-ring (bicyclic) bond motifs is 1. The van der Waals surface area contributed by atoms with E-state index in [1.807, 2.05) is 59.5 Å². The number of rotatable bonds is 5. The molecular weight excluding hydrogens is 338 g/mol. The molecule has 2 aromatic carbocycles. The van der Waals surface area contributed by atoms with Crippen molar-refractivity contribution in [2.45, 2.75) is 13.0 Å². The first kappa shape index (κ1) is 17.1. The largest absolute Gasteiger partial charge is 0.497 e. The van der Waals surface area contributed by atoms with Crippen molar-refractivity contribution in [2.75, 3.05) is 23.9 Å². The molecule has 0 fully saturated rings. The third-order valence-electron chi connectivity index (χ3n) is 4.77. The van der Waals surface area contributed by atoms with Crippen molar-refractivity contribution in [2.24, 2.45) is 0 Å². The van der Waals surface area contributed by atoms with E-state index >= 15 is 0 Å². The Kier molecular flexibility index (Phi) is 4.75. The van der Waals surface area contributed by atoms with Gasteiger partial charge in [-0.15, -0.1) is 0 Å². The van der Waals surface area contributed by atoms with Crippen molar-refractivity contribution in [1.82, 2.24) is 4.98 Å².